The first kappa shape index (κ1) is 19.5. The molecule has 0 bridgehead atoms. The SMILES string of the molecule is Cc1cccc(-n2nnn(C)c2=O)c1COc1cc(-c2ccc(F)cc2)ccc1F. The van der Waals surface area contributed by atoms with E-state index < -0.39 is 11.5 Å². The molecule has 0 N–H and O–H groups in total. The van der Waals surface area contributed by atoms with Crippen molar-refractivity contribution >= 4 is 0 Å². The van der Waals surface area contributed by atoms with Gasteiger partial charge >= 0.3 is 5.69 Å². The molecule has 0 aliphatic heterocycles. The number of rotatable bonds is 5. The third-order valence-corrected chi connectivity index (χ3v) is 4.82. The van der Waals surface area contributed by atoms with Gasteiger partial charge in [-0.25, -0.2) is 13.6 Å². The summed E-state index contributed by atoms with van der Waals surface area (Å²) in [6, 6.07) is 15.8. The van der Waals surface area contributed by atoms with Gasteiger partial charge in [0.25, 0.3) is 0 Å². The Bertz CT molecular complexity index is 1260. The fourth-order valence-electron chi connectivity index (χ4n) is 3.12. The minimum absolute atomic E-state index is 0.0226. The predicted molar refractivity (Wildman–Crippen MR) is 107 cm³/mol. The molecule has 0 saturated heterocycles. The van der Waals surface area contributed by atoms with Gasteiger partial charge in [0.1, 0.15) is 12.4 Å². The molecule has 4 rings (SSSR count). The number of hydrogen-bond donors (Lipinski definition) is 0. The number of aryl methyl sites for hydroxylation is 2. The lowest BCUT2D eigenvalue weighted by Gasteiger charge is -2.14. The van der Waals surface area contributed by atoms with Gasteiger partial charge in [-0.3, -0.25) is 0 Å². The molecule has 0 fully saturated rings. The maximum Gasteiger partial charge on any atom is 0.368 e. The van der Waals surface area contributed by atoms with Crippen LogP contribution in [0.4, 0.5) is 8.78 Å². The average Bonchev–Trinajstić information content (AvgIpc) is 3.07. The van der Waals surface area contributed by atoms with Gasteiger partial charge in [-0.1, -0.05) is 30.3 Å². The van der Waals surface area contributed by atoms with E-state index in [2.05, 4.69) is 10.4 Å². The van der Waals surface area contributed by atoms with Crippen molar-refractivity contribution in [2.45, 2.75) is 13.5 Å². The Morgan fingerprint density at radius 2 is 1.70 bits per heavy atom. The van der Waals surface area contributed by atoms with Crippen LogP contribution in [0.5, 0.6) is 5.75 Å². The zero-order chi connectivity index (χ0) is 21.3. The van der Waals surface area contributed by atoms with Crippen molar-refractivity contribution in [2.75, 3.05) is 0 Å². The van der Waals surface area contributed by atoms with Crippen molar-refractivity contribution in [3.63, 3.8) is 0 Å². The Hall–Kier alpha value is -3.81. The number of halogens is 2. The van der Waals surface area contributed by atoms with Crippen LogP contribution in [-0.4, -0.2) is 19.8 Å². The number of nitrogens with zero attached hydrogens (tertiary/aromatic N) is 4. The lowest BCUT2D eigenvalue weighted by atomic mass is 10.1. The summed E-state index contributed by atoms with van der Waals surface area (Å²) in [6.07, 6.45) is 0. The molecule has 0 aliphatic carbocycles. The van der Waals surface area contributed by atoms with Crippen molar-refractivity contribution in [1.82, 2.24) is 19.8 Å². The minimum atomic E-state index is -0.521. The second kappa shape index (κ2) is 7.90. The molecule has 1 heterocycles. The maximum atomic E-state index is 14.4. The van der Waals surface area contributed by atoms with E-state index >= 15 is 0 Å². The molecule has 30 heavy (non-hydrogen) atoms. The Morgan fingerprint density at radius 3 is 2.40 bits per heavy atom. The highest BCUT2D eigenvalue weighted by Gasteiger charge is 2.15. The molecule has 3 aromatic carbocycles. The maximum absolute atomic E-state index is 14.4. The molecule has 0 atom stereocenters. The smallest absolute Gasteiger partial charge is 0.368 e. The second-order valence-corrected chi connectivity index (χ2v) is 6.81. The molecule has 152 valence electrons. The molecule has 8 heteroatoms. The first-order valence-electron chi connectivity index (χ1n) is 9.20. The van der Waals surface area contributed by atoms with Crippen LogP contribution in [0.2, 0.25) is 0 Å². The fraction of sp³-hybridized carbons (Fsp3) is 0.136. The lowest BCUT2D eigenvalue weighted by molar-refractivity contribution is 0.289. The van der Waals surface area contributed by atoms with Gasteiger partial charge in [-0.2, -0.15) is 9.36 Å². The van der Waals surface area contributed by atoms with Gasteiger partial charge < -0.3 is 4.74 Å². The molecule has 0 amide bonds. The van der Waals surface area contributed by atoms with Gasteiger partial charge in [0, 0.05) is 12.6 Å². The van der Waals surface area contributed by atoms with Crippen molar-refractivity contribution in [3.8, 4) is 22.6 Å². The van der Waals surface area contributed by atoms with Gasteiger partial charge in [-0.15, -0.1) is 0 Å². The van der Waals surface area contributed by atoms with Crippen molar-refractivity contribution < 1.29 is 13.5 Å². The van der Waals surface area contributed by atoms with Crippen LogP contribution in [0.3, 0.4) is 0 Å². The van der Waals surface area contributed by atoms with E-state index in [-0.39, 0.29) is 18.2 Å². The molecule has 0 aliphatic rings. The number of benzene rings is 3. The first-order chi connectivity index (χ1) is 14.4. The second-order valence-electron chi connectivity index (χ2n) is 6.81. The zero-order valence-corrected chi connectivity index (χ0v) is 16.3. The number of hydrogen-bond acceptors (Lipinski definition) is 4. The number of aromatic nitrogens is 4. The quantitative estimate of drug-likeness (QED) is 0.504. The lowest BCUT2D eigenvalue weighted by Crippen LogP contribution is -2.23. The highest BCUT2D eigenvalue weighted by atomic mass is 19.1. The monoisotopic (exact) mass is 408 g/mol. The van der Waals surface area contributed by atoms with Crippen LogP contribution in [0.1, 0.15) is 11.1 Å². The highest BCUT2D eigenvalue weighted by molar-refractivity contribution is 5.65. The largest absolute Gasteiger partial charge is 0.486 e. The van der Waals surface area contributed by atoms with Gasteiger partial charge in [0.2, 0.25) is 0 Å². The van der Waals surface area contributed by atoms with Crippen LogP contribution in [0, 0.1) is 18.6 Å². The van der Waals surface area contributed by atoms with E-state index in [1.54, 1.807) is 36.4 Å². The Morgan fingerprint density at radius 1 is 0.967 bits per heavy atom. The molecule has 0 radical (unpaired) electrons. The highest BCUT2D eigenvalue weighted by Crippen LogP contribution is 2.28. The summed E-state index contributed by atoms with van der Waals surface area (Å²) < 4.78 is 35.6. The fourth-order valence-corrected chi connectivity index (χ4v) is 3.12. The van der Waals surface area contributed by atoms with E-state index in [1.807, 2.05) is 13.0 Å². The Kier molecular flexibility index (Phi) is 5.14. The number of ether oxygens (including phenoxy) is 1. The predicted octanol–water partition coefficient (Wildman–Crippen LogP) is 3.80. The van der Waals surface area contributed by atoms with E-state index in [1.165, 1.54) is 29.9 Å². The van der Waals surface area contributed by atoms with Crippen LogP contribution in [0.25, 0.3) is 16.8 Å². The van der Waals surface area contributed by atoms with Gasteiger partial charge in [0.05, 0.1) is 5.69 Å². The first-order valence-corrected chi connectivity index (χ1v) is 9.20. The Labute approximate surface area is 170 Å². The van der Waals surface area contributed by atoms with E-state index in [9.17, 15) is 13.6 Å². The third-order valence-electron chi connectivity index (χ3n) is 4.82. The van der Waals surface area contributed by atoms with Crippen LogP contribution in [-0.2, 0) is 13.7 Å². The summed E-state index contributed by atoms with van der Waals surface area (Å²) in [7, 11) is 1.51. The van der Waals surface area contributed by atoms with Crippen molar-refractivity contribution in [3.05, 3.63) is 93.9 Å². The van der Waals surface area contributed by atoms with Gasteiger partial charge in [-0.05, 0) is 64.4 Å². The average molecular weight is 408 g/mol. The van der Waals surface area contributed by atoms with Crippen molar-refractivity contribution in [2.24, 2.45) is 7.05 Å². The summed E-state index contributed by atoms with van der Waals surface area (Å²) in [6.45, 7) is 1.89. The summed E-state index contributed by atoms with van der Waals surface area (Å²) in [5, 5.41) is 7.61. The van der Waals surface area contributed by atoms with E-state index in [0.29, 0.717) is 16.8 Å². The molecular weight excluding hydrogens is 390 g/mol. The number of tetrazole rings is 1. The molecule has 1 aromatic heterocycles. The zero-order valence-electron chi connectivity index (χ0n) is 16.3. The molecule has 6 nitrogen and oxygen atoms in total. The van der Waals surface area contributed by atoms with Gasteiger partial charge in [0.15, 0.2) is 11.6 Å². The van der Waals surface area contributed by atoms with Crippen molar-refractivity contribution in [1.29, 1.82) is 0 Å². The summed E-state index contributed by atoms with van der Waals surface area (Å²) in [4.78, 5) is 12.3. The molecule has 0 unspecified atom stereocenters. The van der Waals surface area contributed by atoms with E-state index in [0.717, 1.165) is 15.8 Å². The van der Waals surface area contributed by atoms with Crippen LogP contribution >= 0.6 is 0 Å². The molecule has 0 spiro atoms. The third kappa shape index (κ3) is 3.71. The Balaban J connectivity index is 1.66. The molecule has 0 saturated carbocycles. The topological polar surface area (TPSA) is 61.9 Å². The van der Waals surface area contributed by atoms with Crippen LogP contribution in [0.15, 0.2) is 65.5 Å². The standard InChI is InChI=1S/C22H18F2N4O2/c1-14-4-3-5-20(28-22(29)27(2)25-26-28)18(14)13-30-21-12-16(8-11-19(21)24)15-6-9-17(23)10-7-15/h3-12H,13H2,1-2H3. The minimum Gasteiger partial charge on any atom is -0.486 e. The molecular formula is C22H18F2N4O2. The van der Waals surface area contributed by atoms with E-state index in [4.69, 9.17) is 4.74 Å². The normalized spacial score (nSPS) is 10.9. The summed E-state index contributed by atoms with van der Waals surface area (Å²) >= 11 is 0. The molecule has 4 aromatic rings. The summed E-state index contributed by atoms with van der Waals surface area (Å²) in [5.41, 5.74) is 3.10. The summed E-state index contributed by atoms with van der Waals surface area (Å²) in [5.74, 6) is -0.811. The van der Waals surface area contributed by atoms with Crippen LogP contribution < -0.4 is 10.4 Å².